The van der Waals surface area contributed by atoms with Crippen molar-refractivity contribution in [3.8, 4) is 0 Å². The molecule has 1 aromatic carbocycles. The minimum Gasteiger partial charge on any atom is -0.465 e. The first kappa shape index (κ1) is 12.1. The second-order valence-corrected chi connectivity index (χ2v) is 4.45. The maximum Gasteiger partial charge on any atom is 0.207 e. The zero-order valence-electron chi connectivity index (χ0n) is 10.2. The molecule has 0 bridgehead atoms. The van der Waals surface area contributed by atoms with Crippen LogP contribution >= 0.6 is 0 Å². The zero-order chi connectivity index (χ0) is 12.3. The van der Waals surface area contributed by atoms with Gasteiger partial charge < -0.3 is 14.6 Å². The molecule has 1 aliphatic heterocycles. The average Bonchev–Trinajstić information content (AvgIpc) is 2.39. The molecule has 0 amide bonds. The third kappa shape index (κ3) is 2.68. The van der Waals surface area contributed by atoms with Crippen LogP contribution in [0.1, 0.15) is 24.8 Å². The molecule has 1 heterocycles. The molecule has 92 valence electrons. The lowest BCUT2D eigenvalue weighted by atomic mass is 9.89. The molecule has 0 radical (unpaired) electrons. The van der Waals surface area contributed by atoms with E-state index in [1.54, 1.807) is 7.11 Å². The number of allylic oxidation sites excluding steroid dienone is 1. The third-order valence-electron chi connectivity index (χ3n) is 3.14. The normalized spacial score (nSPS) is 28.4. The van der Waals surface area contributed by atoms with E-state index in [2.05, 4.69) is 12.1 Å². The molecular weight excluding hydrogens is 216 g/mol. The first-order valence-corrected chi connectivity index (χ1v) is 5.77. The topological polar surface area (TPSA) is 38.7 Å². The van der Waals surface area contributed by atoms with Crippen molar-refractivity contribution in [3.63, 3.8) is 0 Å². The maximum atomic E-state index is 9.23. The maximum absolute atomic E-state index is 9.23. The summed E-state index contributed by atoms with van der Waals surface area (Å²) in [5.74, 6) is 0.138. The first-order valence-electron chi connectivity index (χ1n) is 5.77. The molecule has 0 unspecified atom stereocenters. The summed E-state index contributed by atoms with van der Waals surface area (Å²) in [7, 11) is 1.63. The van der Waals surface area contributed by atoms with E-state index in [0.717, 1.165) is 6.42 Å². The summed E-state index contributed by atoms with van der Waals surface area (Å²) in [4.78, 5) is 0. The summed E-state index contributed by atoms with van der Waals surface area (Å²) < 4.78 is 11.0. The number of rotatable bonds is 3. The molecule has 1 N–H and O–H groups in total. The summed E-state index contributed by atoms with van der Waals surface area (Å²) in [6.45, 7) is 1.80. The van der Waals surface area contributed by atoms with Crippen LogP contribution in [0.15, 0.2) is 42.2 Å². The average molecular weight is 234 g/mol. The largest absolute Gasteiger partial charge is 0.465 e. The quantitative estimate of drug-likeness (QED) is 0.873. The van der Waals surface area contributed by atoms with Crippen molar-refractivity contribution in [1.29, 1.82) is 0 Å². The molecule has 0 aliphatic carbocycles. The van der Waals surface area contributed by atoms with Gasteiger partial charge in [-0.1, -0.05) is 30.3 Å². The molecule has 0 spiro atoms. The highest BCUT2D eigenvalue weighted by Gasteiger charge is 2.34. The van der Waals surface area contributed by atoms with Gasteiger partial charge in [0, 0.05) is 26.4 Å². The van der Waals surface area contributed by atoms with Gasteiger partial charge in [0.15, 0.2) is 0 Å². The second-order valence-electron chi connectivity index (χ2n) is 4.45. The first-order chi connectivity index (χ1) is 8.17. The predicted molar refractivity (Wildman–Crippen MR) is 65.5 cm³/mol. The highest BCUT2D eigenvalue weighted by molar-refractivity contribution is 5.26. The lowest BCUT2D eigenvalue weighted by Crippen LogP contribution is -2.36. The summed E-state index contributed by atoms with van der Waals surface area (Å²) in [5, 5.41) is 9.23. The molecule has 0 saturated heterocycles. The molecule has 1 aromatic rings. The van der Waals surface area contributed by atoms with Crippen LogP contribution in [0.25, 0.3) is 0 Å². The lowest BCUT2D eigenvalue weighted by molar-refractivity contribution is -0.201. The Morgan fingerprint density at radius 1 is 1.41 bits per heavy atom. The number of methoxy groups -OCH3 is 1. The van der Waals surface area contributed by atoms with E-state index in [9.17, 15) is 5.11 Å². The van der Waals surface area contributed by atoms with Crippen LogP contribution < -0.4 is 0 Å². The van der Waals surface area contributed by atoms with Gasteiger partial charge in [-0.05, 0) is 11.6 Å². The van der Waals surface area contributed by atoms with E-state index in [0.29, 0.717) is 5.76 Å². The van der Waals surface area contributed by atoms with Crippen molar-refractivity contribution < 1.29 is 14.6 Å². The Balaban J connectivity index is 2.28. The van der Waals surface area contributed by atoms with Crippen molar-refractivity contribution >= 4 is 0 Å². The number of hydrogen-bond acceptors (Lipinski definition) is 3. The van der Waals surface area contributed by atoms with Gasteiger partial charge >= 0.3 is 0 Å². The molecule has 3 heteroatoms. The Hall–Kier alpha value is -1.32. The Morgan fingerprint density at radius 3 is 2.71 bits per heavy atom. The molecular formula is C14H18O3. The van der Waals surface area contributed by atoms with Crippen LogP contribution in [0, 0.1) is 0 Å². The van der Waals surface area contributed by atoms with Gasteiger partial charge in [0.2, 0.25) is 5.79 Å². The molecule has 1 aliphatic rings. The number of aliphatic hydroxyl groups is 1. The molecule has 0 fully saturated rings. The van der Waals surface area contributed by atoms with Crippen LogP contribution in [-0.4, -0.2) is 24.6 Å². The Labute approximate surface area is 102 Å². The molecule has 17 heavy (non-hydrogen) atoms. The monoisotopic (exact) mass is 234 g/mol. The fraction of sp³-hybridized carbons (Fsp3) is 0.429. The number of aliphatic hydroxyl groups excluding tert-OH is 1. The summed E-state index contributed by atoms with van der Waals surface area (Å²) >= 11 is 0. The molecule has 3 nitrogen and oxygen atoms in total. The van der Waals surface area contributed by atoms with E-state index < -0.39 is 5.79 Å². The fourth-order valence-corrected chi connectivity index (χ4v) is 2.16. The zero-order valence-corrected chi connectivity index (χ0v) is 10.2. The van der Waals surface area contributed by atoms with Gasteiger partial charge in [0.25, 0.3) is 0 Å². The van der Waals surface area contributed by atoms with Gasteiger partial charge in [-0.25, -0.2) is 0 Å². The van der Waals surface area contributed by atoms with Crippen molar-refractivity contribution in [2.75, 3.05) is 13.7 Å². The minimum atomic E-state index is -0.659. The van der Waals surface area contributed by atoms with Crippen LogP contribution in [0.3, 0.4) is 0 Å². The second kappa shape index (κ2) is 4.90. The summed E-state index contributed by atoms with van der Waals surface area (Å²) in [6, 6.07) is 10.2. The third-order valence-corrected chi connectivity index (χ3v) is 3.14. The summed E-state index contributed by atoms with van der Waals surface area (Å²) in [5.41, 5.74) is 1.21. The molecule has 0 saturated carbocycles. The van der Waals surface area contributed by atoms with Crippen LogP contribution in [-0.2, 0) is 9.47 Å². The number of hydrogen-bond donors (Lipinski definition) is 1. The van der Waals surface area contributed by atoms with Gasteiger partial charge in [-0.15, -0.1) is 0 Å². The fourth-order valence-electron chi connectivity index (χ4n) is 2.16. The number of ether oxygens (including phenoxy) is 2. The van der Waals surface area contributed by atoms with Crippen molar-refractivity contribution in [3.05, 3.63) is 47.7 Å². The van der Waals surface area contributed by atoms with Gasteiger partial charge in [0.05, 0.1) is 0 Å². The highest BCUT2D eigenvalue weighted by Crippen LogP contribution is 2.36. The Kier molecular flexibility index (Phi) is 3.50. The van der Waals surface area contributed by atoms with Crippen LogP contribution in [0.2, 0.25) is 0 Å². The van der Waals surface area contributed by atoms with E-state index in [4.69, 9.17) is 9.47 Å². The summed E-state index contributed by atoms with van der Waals surface area (Å²) in [6.07, 6.45) is 2.72. The Bertz CT molecular complexity index is 399. The highest BCUT2D eigenvalue weighted by atomic mass is 16.7. The van der Waals surface area contributed by atoms with Crippen molar-refractivity contribution in [2.45, 2.75) is 25.0 Å². The molecule has 2 atom stereocenters. The van der Waals surface area contributed by atoms with Crippen molar-refractivity contribution in [1.82, 2.24) is 0 Å². The van der Waals surface area contributed by atoms with Crippen LogP contribution in [0.4, 0.5) is 0 Å². The van der Waals surface area contributed by atoms with Crippen LogP contribution in [0.5, 0.6) is 0 Å². The van der Waals surface area contributed by atoms with E-state index in [1.165, 1.54) is 5.56 Å². The predicted octanol–water partition coefficient (Wildman–Crippen LogP) is 2.43. The lowest BCUT2D eigenvalue weighted by Gasteiger charge is -2.36. The van der Waals surface area contributed by atoms with E-state index in [-0.39, 0.29) is 12.5 Å². The van der Waals surface area contributed by atoms with E-state index >= 15 is 0 Å². The number of benzene rings is 1. The molecule has 2 rings (SSSR count). The minimum absolute atomic E-state index is 0.0950. The van der Waals surface area contributed by atoms with Gasteiger partial charge in [-0.2, -0.15) is 0 Å². The molecule has 0 aromatic heterocycles. The standard InChI is InChI=1S/C14H18O3/c1-14(16-2)9-12(8-13(10-15)17-14)11-6-4-3-5-7-11/h3-8,12,15H,9-10H2,1-2H3/t12-,14+/m1/s1. The SMILES string of the molecule is CO[C@]1(C)C[C@H](c2ccccc2)C=C(CO)O1. The Morgan fingerprint density at radius 2 is 2.12 bits per heavy atom. The van der Waals surface area contributed by atoms with Gasteiger partial charge in [-0.3, -0.25) is 0 Å². The van der Waals surface area contributed by atoms with E-state index in [1.807, 2.05) is 31.2 Å². The van der Waals surface area contributed by atoms with Crippen molar-refractivity contribution in [2.24, 2.45) is 0 Å². The smallest absolute Gasteiger partial charge is 0.207 e. The van der Waals surface area contributed by atoms with Gasteiger partial charge in [0.1, 0.15) is 12.4 Å².